The second kappa shape index (κ2) is 7.95. The van der Waals surface area contributed by atoms with Gasteiger partial charge in [0.15, 0.2) is 0 Å². The summed E-state index contributed by atoms with van der Waals surface area (Å²) in [6.45, 7) is 5.43. The van der Waals surface area contributed by atoms with Gasteiger partial charge in [0, 0.05) is 25.2 Å². The quantitative estimate of drug-likeness (QED) is 0.811. The van der Waals surface area contributed by atoms with Gasteiger partial charge in [0.25, 0.3) is 5.91 Å². The van der Waals surface area contributed by atoms with Crippen molar-refractivity contribution < 1.29 is 4.79 Å². The van der Waals surface area contributed by atoms with Gasteiger partial charge in [0.2, 0.25) is 0 Å². The molecule has 0 unspecified atom stereocenters. The Morgan fingerprint density at radius 2 is 1.95 bits per heavy atom. The van der Waals surface area contributed by atoms with Gasteiger partial charge in [-0.3, -0.25) is 4.79 Å². The molecule has 1 fully saturated rings. The molecule has 4 heteroatoms. The fourth-order valence-electron chi connectivity index (χ4n) is 3.06. The molecule has 1 atom stereocenters. The molecule has 1 aromatic rings. The summed E-state index contributed by atoms with van der Waals surface area (Å²) in [5.41, 5.74) is 1.24. The van der Waals surface area contributed by atoms with Crippen LogP contribution in [0.5, 0.6) is 0 Å². The summed E-state index contributed by atoms with van der Waals surface area (Å²) in [5.74, 6) is 0.0436. The summed E-state index contributed by atoms with van der Waals surface area (Å²) >= 11 is 0. The summed E-state index contributed by atoms with van der Waals surface area (Å²) in [6.07, 6.45) is 4.64. The third-order valence-corrected chi connectivity index (χ3v) is 4.42. The second-order valence-corrected chi connectivity index (χ2v) is 6.06. The number of likely N-dealkylation sites (N-methyl/N-ethyl adjacent to an activating group) is 1. The number of carbonyl (C=O) groups excluding carboxylic acids is 1. The number of nitrogens with zero attached hydrogens (tertiary/aromatic N) is 3. The lowest BCUT2D eigenvalue weighted by atomic mass is 10.1. The molecule has 0 aliphatic carbocycles. The molecule has 1 saturated heterocycles. The minimum Gasteiger partial charge on any atom is -0.337 e. The SMILES string of the molecule is CCC[C@@H](CN1CCCC1)N(C)C(=O)c1ccc(C#N)cc1. The Labute approximate surface area is 133 Å². The minimum atomic E-state index is 0.0436. The van der Waals surface area contributed by atoms with Crippen molar-refractivity contribution in [2.24, 2.45) is 0 Å². The molecular weight excluding hydrogens is 274 g/mol. The normalized spacial score (nSPS) is 16.2. The number of amides is 1. The highest BCUT2D eigenvalue weighted by molar-refractivity contribution is 5.94. The zero-order valence-electron chi connectivity index (χ0n) is 13.6. The third-order valence-electron chi connectivity index (χ3n) is 4.42. The van der Waals surface area contributed by atoms with Crippen LogP contribution in [-0.2, 0) is 0 Å². The molecule has 1 amide bonds. The smallest absolute Gasteiger partial charge is 0.253 e. The van der Waals surface area contributed by atoms with Crippen molar-refractivity contribution >= 4 is 5.91 Å². The molecule has 0 radical (unpaired) electrons. The van der Waals surface area contributed by atoms with E-state index in [1.807, 2.05) is 11.9 Å². The maximum Gasteiger partial charge on any atom is 0.253 e. The van der Waals surface area contributed by atoms with E-state index < -0.39 is 0 Å². The van der Waals surface area contributed by atoms with Crippen LogP contribution in [0.1, 0.15) is 48.5 Å². The molecule has 1 aliphatic heterocycles. The highest BCUT2D eigenvalue weighted by Gasteiger charge is 2.24. The van der Waals surface area contributed by atoms with Crippen LogP contribution in [0.2, 0.25) is 0 Å². The fraction of sp³-hybridized carbons (Fsp3) is 0.556. The highest BCUT2D eigenvalue weighted by Crippen LogP contribution is 2.16. The summed E-state index contributed by atoms with van der Waals surface area (Å²) in [7, 11) is 1.90. The van der Waals surface area contributed by atoms with Gasteiger partial charge in [-0.25, -0.2) is 0 Å². The largest absolute Gasteiger partial charge is 0.337 e. The van der Waals surface area contributed by atoms with Gasteiger partial charge in [-0.15, -0.1) is 0 Å². The standard InChI is InChI=1S/C18H25N3O/c1-3-6-17(14-21-11-4-5-12-21)20(2)18(22)16-9-7-15(13-19)8-10-16/h7-10,17H,3-6,11-12,14H2,1-2H3/t17-/m0/s1. The second-order valence-electron chi connectivity index (χ2n) is 6.06. The minimum absolute atomic E-state index is 0.0436. The first-order valence-corrected chi connectivity index (χ1v) is 8.15. The number of hydrogen-bond acceptors (Lipinski definition) is 3. The monoisotopic (exact) mass is 299 g/mol. The van der Waals surface area contributed by atoms with Crippen molar-refractivity contribution in [1.29, 1.82) is 5.26 Å². The zero-order valence-corrected chi connectivity index (χ0v) is 13.6. The van der Waals surface area contributed by atoms with Crippen LogP contribution in [0.15, 0.2) is 24.3 Å². The van der Waals surface area contributed by atoms with Gasteiger partial charge < -0.3 is 9.80 Å². The molecule has 0 aromatic heterocycles. The number of hydrogen-bond donors (Lipinski definition) is 0. The molecule has 1 heterocycles. The van der Waals surface area contributed by atoms with Gasteiger partial charge in [-0.2, -0.15) is 5.26 Å². The van der Waals surface area contributed by atoms with Crippen molar-refractivity contribution in [3.63, 3.8) is 0 Å². The Balaban J connectivity index is 2.05. The molecule has 0 N–H and O–H groups in total. The average molecular weight is 299 g/mol. The highest BCUT2D eigenvalue weighted by atomic mass is 16.2. The zero-order chi connectivity index (χ0) is 15.9. The third kappa shape index (κ3) is 4.08. The van der Waals surface area contributed by atoms with Crippen molar-refractivity contribution in [1.82, 2.24) is 9.80 Å². The van der Waals surface area contributed by atoms with Crippen LogP contribution < -0.4 is 0 Å². The van der Waals surface area contributed by atoms with E-state index in [1.165, 1.54) is 12.8 Å². The average Bonchev–Trinajstić information content (AvgIpc) is 3.06. The first-order chi connectivity index (χ1) is 10.7. The van der Waals surface area contributed by atoms with Gasteiger partial charge in [0.05, 0.1) is 11.6 Å². The first kappa shape index (κ1) is 16.5. The number of likely N-dealkylation sites (tertiary alicyclic amines) is 1. The predicted octanol–water partition coefficient (Wildman–Crippen LogP) is 2.89. The Hall–Kier alpha value is -1.86. The predicted molar refractivity (Wildman–Crippen MR) is 87.6 cm³/mol. The van der Waals surface area contributed by atoms with E-state index in [4.69, 9.17) is 5.26 Å². The topological polar surface area (TPSA) is 47.3 Å². The van der Waals surface area contributed by atoms with Crippen molar-refractivity contribution in [3.8, 4) is 6.07 Å². The van der Waals surface area contributed by atoms with E-state index in [1.54, 1.807) is 24.3 Å². The van der Waals surface area contributed by atoms with Crippen LogP contribution >= 0.6 is 0 Å². The lowest BCUT2D eigenvalue weighted by Gasteiger charge is -2.31. The van der Waals surface area contributed by atoms with Gasteiger partial charge in [0.1, 0.15) is 0 Å². The van der Waals surface area contributed by atoms with E-state index in [9.17, 15) is 4.79 Å². The van der Waals surface area contributed by atoms with Crippen LogP contribution in [0.4, 0.5) is 0 Å². The molecule has 1 aromatic carbocycles. The lowest BCUT2D eigenvalue weighted by molar-refractivity contribution is 0.0687. The van der Waals surface area contributed by atoms with E-state index in [-0.39, 0.29) is 11.9 Å². The maximum atomic E-state index is 12.7. The number of benzene rings is 1. The summed E-state index contributed by atoms with van der Waals surface area (Å²) < 4.78 is 0. The first-order valence-electron chi connectivity index (χ1n) is 8.15. The molecule has 0 bridgehead atoms. The Morgan fingerprint density at radius 1 is 1.32 bits per heavy atom. The molecule has 4 nitrogen and oxygen atoms in total. The van der Waals surface area contributed by atoms with E-state index >= 15 is 0 Å². The lowest BCUT2D eigenvalue weighted by Crippen LogP contribution is -2.44. The van der Waals surface area contributed by atoms with Gasteiger partial charge >= 0.3 is 0 Å². The van der Waals surface area contributed by atoms with Crippen molar-refractivity contribution in [2.75, 3.05) is 26.7 Å². The van der Waals surface area contributed by atoms with Crippen LogP contribution in [0.25, 0.3) is 0 Å². The van der Waals surface area contributed by atoms with Gasteiger partial charge in [-0.1, -0.05) is 13.3 Å². The van der Waals surface area contributed by atoms with Crippen LogP contribution in [0, 0.1) is 11.3 Å². The number of rotatable bonds is 6. The molecule has 2 rings (SSSR count). The number of carbonyl (C=O) groups is 1. The Bertz CT molecular complexity index is 526. The summed E-state index contributed by atoms with van der Waals surface area (Å²) in [6, 6.07) is 9.24. The summed E-state index contributed by atoms with van der Waals surface area (Å²) in [4.78, 5) is 17.0. The molecular formula is C18H25N3O. The Kier molecular flexibility index (Phi) is 5.97. The van der Waals surface area contributed by atoms with E-state index in [0.717, 1.165) is 32.5 Å². The molecule has 0 saturated carbocycles. The van der Waals surface area contributed by atoms with Crippen molar-refractivity contribution in [2.45, 2.75) is 38.6 Å². The maximum absolute atomic E-state index is 12.7. The van der Waals surface area contributed by atoms with Crippen LogP contribution in [-0.4, -0.2) is 48.4 Å². The van der Waals surface area contributed by atoms with Crippen molar-refractivity contribution in [3.05, 3.63) is 35.4 Å². The van der Waals surface area contributed by atoms with E-state index in [0.29, 0.717) is 11.1 Å². The number of nitriles is 1. The van der Waals surface area contributed by atoms with Gasteiger partial charge in [-0.05, 0) is 56.6 Å². The fourth-order valence-corrected chi connectivity index (χ4v) is 3.06. The molecule has 0 spiro atoms. The van der Waals surface area contributed by atoms with Crippen LogP contribution in [0.3, 0.4) is 0 Å². The Morgan fingerprint density at radius 3 is 2.50 bits per heavy atom. The van der Waals surface area contributed by atoms with E-state index in [2.05, 4.69) is 17.9 Å². The molecule has 118 valence electrons. The summed E-state index contributed by atoms with van der Waals surface area (Å²) in [5, 5.41) is 8.84. The molecule has 22 heavy (non-hydrogen) atoms. The molecule has 1 aliphatic rings.